The lowest BCUT2D eigenvalue weighted by Gasteiger charge is -2.10. The fourth-order valence-electron chi connectivity index (χ4n) is 8.30. The second-order valence-electron chi connectivity index (χ2n) is 15.2. The van der Waals surface area contributed by atoms with Gasteiger partial charge >= 0.3 is 0 Å². The molecule has 6 heteroatoms. The van der Waals surface area contributed by atoms with Gasteiger partial charge in [-0.1, -0.05) is 133 Å². The van der Waals surface area contributed by atoms with E-state index >= 15 is 0 Å². The number of hydrogen-bond donors (Lipinski definition) is 0. The minimum Gasteiger partial charge on any atom is -0.254 e. The van der Waals surface area contributed by atoms with E-state index in [0.29, 0.717) is 0 Å². The SMILES string of the molecule is c1ccc(-c2ccc3ccc4ccc(-c5ccc6ccc(-c7ccc8ccc(-c9cccc(-c%10ccc%11ccc%12cccnc%12c%11n%10)c9)nc8c7)cc6n5)nc4c3n2)cc1. The number of benzene rings is 6. The Bertz CT molecular complexity index is 3680. The van der Waals surface area contributed by atoms with E-state index in [1.807, 2.05) is 36.5 Å². The molecule has 0 unspecified atom stereocenters. The number of pyridine rings is 6. The molecule has 6 nitrogen and oxygen atoms in total. The Morgan fingerprint density at radius 1 is 0.233 bits per heavy atom. The number of hydrogen-bond acceptors (Lipinski definition) is 6. The molecule has 6 aromatic carbocycles. The van der Waals surface area contributed by atoms with Crippen molar-refractivity contribution in [3.05, 3.63) is 194 Å². The molecule has 0 aliphatic carbocycles. The number of nitrogens with zero attached hydrogens (tertiary/aromatic N) is 6. The van der Waals surface area contributed by atoms with Crippen molar-refractivity contribution in [2.45, 2.75) is 0 Å². The van der Waals surface area contributed by atoms with Gasteiger partial charge in [-0.05, 0) is 65.7 Å². The zero-order valence-electron chi connectivity index (χ0n) is 32.2. The third-order valence-electron chi connectivity index (χ3n) is 11.5. The Hall–Kier alpha value is -8.22. The van der Waals surface area contributed by atoms with Gasteiger partial charge in [0.2, 0.25) is 0 Å². The third-order valence-corrected chi connectivity index (χ3v) is 11.5. The van der Waals surface area contributed by atoms with Gasteiger partial charge in [-0.2, -0.15) is 0 Å². The number of fused-ring (bicyclic) bond motifs is 8. The Morgan fingerprint density at radius 2 is 0.650 bits per heavy atom. The summed E-state index contributed by atoms with van der Waals surface area (Å²) in [5, 5.41) is 6.39. The smallest absolute Gasteiger partial charge is 0.0973 e. The first kappa shape index (κ1) is 33.9. The molecule has 0 fully saturated rings. The fraction of sp³-hybridized carbons (Fsp3) is 0. The number of rotatable bonds is 5. The van der Waals surface area contributed by atoms with E-state index in [9.17, 15) is 0 Å². The average Bonchev–Trinajstić information content (AvgIpc) is 3.33. The summed E-state index contributed by atoms with van der Waals surface area (Å²) in [5.41, 5.74) is 15.0. The molecule has 0 saturated heterocycles. The van der Waals surface area contributed by atoms with Crippen LogP contribution in [0, 0.1) is 0 Å². The van der Waals surface area contributed by atoms with Crippen molar-refractivity contribution < 1.29 is 0 Å². The van der Waals surface area contributed by atoms with Crippen molar-refractivity contribution >= 4 is 65.4 Å². The van der Waals surface area contributed by atoms with E-state index in [2.05, 4.69) is 163 Å². The quantitative estimate of drug-likeness (QED) is 0.162. The van der Waals surface area contributed by atoms with Crippen molar-refractivity contribution in [2.24, 2.45) is 0 Å². The maximum atomic E-state index is 5.18. The predicted octanol–water partition coefficient (Wildman–Crippen LogP) is 13.3. The molecule has 0 atom stereocenters. The van der Waals surface area contributed by atoms with E-state index in [0.717, 1.165) is 122 Å². The molecular weight excluding hydrogens is 733 g/mol. The minimum atomic E-state index is 0.808. The summed E-state index contributed by atoms with van der Waals surface area (Å²) in [6.45, 7) is 0. The van der Waals surface area contributed by atoms with Crippen LogP contribution in [0.4, 0.5) is 0 Å². The normalized spacial score (nSPS) is 11.7. The molecule has 6 aromatic heterocycles. The topological polar surface area (TPSA) is 77.3 Å². The van der Waals surface area contributed by atoms with Crippen molar-refractivity contribution in [2.75, 3.05) is 0 Å². The van der Waals surface area contributed by atoms with Crippen LogP contribution in [-0.4, -0.2) is 29.9 Å². The van der Waals surface area contributed by atoms with Gasteiger partial charge in [0.25, 0.3) is 0 Å². The van der Waals surface area contributed by atoms with Gasteiger partial charge in [-0.25, -0.2) is 24.9 Å². The summed E-state index contributed by atoms with van der Waals surface area (Å²) in [5.74, 6) is 0. The van der Waals surface area contributed by atoms with Crippen LogP contribution in [0.5, 0.6) is 0 Å². The summed E-state index contributed by atoms with van der Waals surface area (Å²) in [7, 11) is 0. The molecule has 0 aliphatic rings. The van der Waals surface area contributed by atoms with Crippen LogP contribution in [0.3, 0.4) is 0 Å². The van der Waals surface area contributed by atoms with E-state index in [4.69, 9.17) is 24.9 Å². The molecule has 12 rings (SSSR count). The van der Waals surface area contributed by atoms with Gasteiger partial charge < -0.3 is 0 Å². The lowest BCUT2D eigenvalue weighted by Crippen LogP contribution is -1.93. The monoisotopic (exact) mass is 764 g/mol. The van der Waals surface area contributed by atoms with Gasteiger partial charge in [-0.3, -0.25) is 4.98 Å². The maximum absolute atomic E-state index is 5.18. The largest absolute Gasteiger partial charge is 0.254 e. The van der Waals surface area contributed by atoms with Crippen LogP contribution in [0.1, 0.15) is 0 Å². The maximum Gasteiger partial charge on any atom is 0.0973 e. The second-order valence-corrected chi connectivity index (χ2v) is 15.2. The molecule has 278 valence electrons. The van der Waals surface area contributed by atoms with Gasteiger partial charge in [0.1, 0.15) is 0 Å². The Balaban J connectivity index is 0.880. The summed E-state index contributed by atoms with van der Waals surface area (Å²) in [6, 6.07) is 65.1. The molecule has 0 amide bonds. The zero-order valence-corrected chi connectivity index (χ0v) is 32.2. The summed E-state index contributed by atoms with van der Waals surface area (Å²) in [4.78, 5) is 30.3. The Kier molecular flexibility index (Phi) is 7.74. The molecule has 0 aliphatic heterocycles. The lowest BCUT2D eigenvalue weighted by atomic mass is 10.0. The molecule has 12 aromatic rings. The van der Waals surface area contributed by atoms with Crippen LogP contribution in [-0.2, 0) is 0 Å². The van der Waals surface area contributed by atoms with E-state index < -0.39 is 0 Å². The molecule has 0 radical (unpaired) electrons. The molecule has 0 N–H and O–H groups in total. The van der Waals surface area contributed by atoms with Crippen LogP contribution < -0.4 is 0 Å². The molecule has 0 saturated carbocycles. The average molecular weight is 765 g/mol. The Labute approximate surface area is 344 Å². The summed E-state index contributed by atoms with van der Waals surface area (Å²) < 4.78 is 0. The summed E-state index contributed by atoms with van der Waals surface area (Å²) in [6.07, 6.45) is 1.83. The van der Waals surface area contributed by atoms with Crippen molar-refractivity contribution in [3.63, 3.8) is 0 Å². The van der Waals surface area contributed by atoms with Crippen LogP contribution in [0.2, 0.25) is 0 Å². The standard InChI is InChI=1S/C54H32N6/c1-2-6-33(7-3-1)44-25-21-38-15-16-39-23-28-48(60-54(39)53(38)58-44)47-27-20-35-12-18-41(32-50(35)57-47)40-17-11-34-19-24-45(56-49(34)31-40)42-8-4-9-43(30-42)46-26-22-37-14-13-36-10-5-29-55-51(36)52(37)59-46/h1-32H. The van der Waals surface area contributed by atoms with Crippen LogP contribution in [0.15, 0.2) is 194 Å². The highest BCUT2D eigenvalue weighted by molar-refractivity contribution is 6.05. The molecule has 0 bridgehead atoms. The highest BCUT2D eigenvalue weighted by atomic mass is 14.8. The first-order chi connectivity index (χ1) is 29.7. The zero-order chi connectivity index (χ0) is 39.6. The molecule has 0 spiro atoms. The summed E-state index contributed by atoms with van der Waals surface area (Å²) >= 11 is 0. The molecule has 6 heterocycles. The molecular formula is C54H32N6. The highest BCUT2D eigenvalue weighted by Gasteiger charge is 2.13. The van der Waals surface area contributed by atoms with Crippen molar-refractivity contribution in [3.8, 4) is 56.3 Å². The van der Waals surface area contributed by atoms with Gasteiger partial charge in [0, 0.05) is 55.2 Å². The first-order valence-corrected chi connectivity index (χ1v) is 20.0. The van der Waals surface area contributed by atoms with E-state index in [1.165, 1.54) is 0 Å². The number of aromatic nitrogens is 6. The van der Waals surface area contributed by atoms with Gasteiger partial charge in [0.15, 0.2) is 0 Å². The van der Waals surface area contributed by atoms with Gasteiger partial charge in [-0.15, -0.1) is 0 Å². The van der Waals surface area contributed by atoms with Crippen LogP contribution >= 0.6 is 0 Å². The van der Waals surface area contributed by atoms with Crippen molar-refractivity contribution in [1.29, 1.82) is 0 Å². The minimum absolute atomic E-state index is 0.808. The van der Waals surface area contributed by atoms with Gasteiger partial charge in [0.05, 0.1) is 61.6 Å². The highest BCUT2D eigenvalue weighted by Crippen LogP contribution is 2.33. The van der Waals surface area contributed by atoms with E-state index in [1.54, 1.807) is 0 Å². The van der Waals surface area contributed by atoms with Crippen LogP contribution in [0.25, 0.3) is 122 Å². The predicted molar refractivity (Wildman–Crippen MR) is 245 cm³/mol. The van der Waals surface area contributed by atoms with Crippen molar-refractivity contribution in [1.82, 2.24) is 29.9 Å². The second kappa shape index (κ2) is 13.7. The third kappa shape index (κ3) is 5.89. The Morgan fingerprint density at radius 3 is 1.27 bits per heavy atom. The van der Waals surface area contributed by atoms with E-state index in [-0.39, 0.29) is 0 Å². The first-order valence-electron chi connectivity index (χ1n) is 20.0. The fourth-order valence-corrected chi connectivity index (χ4v) is 8.30. The molecule has 60 heavy (non-hydrogen) atoms. The lowest BCUT2D eigenvalue weighted by molar-refractivity contribution is 1.31.